The number of halogens is 2. The number of rotatable bonds is 5. The molecule has 0 radical (unpaired) electrons. The van der Waals surface area contributed by atoms with Crippen LogP contribution in [0.3, 0.4) is 0 Å². The first-order valence-electron chi connectivity index (χ1n) is 10.4. The number of fused-ring (bicyclic) bond motifs is 1. The highest BCUT2D eigenvalue weighted by Crippen LogP contribution is 2.32. The summed E-state index contributed by atoms with van der Waals surface area (Å²) in [5, 5.41) is 11.7. The number of amides is 1. The van der Waals surface area contributed by atoms with Gasteiger partial charge >= 0.3 is 11.7 Å². The predicted octanol–water partition coefficient (Wildman–Crippen LogP) is 2.76. The molecule has 4 rings (SSSR count). The van der Waals surface area contributed by atoms with Gasteiger partial charge in [-0.05, 0) is 36.8 Å². The molecule has 1 unspecified atom stereocenters. The number of anilines is 1. The number of hydrogen-bond donors (Lipinski definition) is 1. The highest BCUT2D eigenvalue weighted by Gasteiger charge is 2.38. The molecule has 0 bridgehead atoms. The molecule has 34 heavy (non-hydrogen) atoms. The van der Waals surface area contributed by atoms with Crippen molar-refractivity contribution in [2.24, 2.45) is 14.1 Å². The lowest BCUT2D eigenvalue weighted by molar-refractivity contribution is -0.147. The van der Waals surface area contributed by atoms with E-state index in [-0.39, 0.29) is 29.4 Å². The van der Waals surface area contributed by atoms with E-state index >= 15 is 0 Å². The Hall–Kier alpha value is -3.27. The zero-order valence-electron chi connectivity index (χ0n) is 18.7. The largest absolute Gasteiger partial charge is 0.462 e. The maximum absolute atomic E-state index is 13.2. The van der Waals surface area contributed by atoms with Gasteiger partial charge in [-0.15, -0.1) is 0 Å². The minimum Gasteiger partial charge on any atom is -0.462 e. The standard InChI is InChI=1S/C23H22Cl2N4O5/c1-4-34-21(31)15-12-28(14-8-9-17-18(10-14)27(3)22(32)26(17)2)23(33)29(20(15)30)11-13-6-5-7-16(24)19(13)25/h5-10,12,23,33H,4,11H2,1-3H3. The van der Waals surface area contributed by atoms with Gasteiger partial charge in [0.15, 0.2) is 0 Å². The molecule has 1 amide bonds. The summed E-state index contributed by atoms with van der Waals surface area (Å²) in [7, 11) is 3.30. The number of benzene rings is 2. The van der Waals surface area contributed by atoms with E-state index in [0.29, 0.717) is 27.3 Å². The average molecular weight is 505 g/mol. The van der Waals surface area contributed by atoms with Crippen LogP contribution in [-0.4, -0.2) is 44.0 Å². The highest BCUT2D eigenvalue weighted by molar-refractivity contribution is 6.42. The van der Waals surface area contributed by atoms with Crippen molar-refractivity contribution in [1.82, 2.24) is 14.0 Å². The number of hydrogen-bond acceptors (Lipinski definition) is 6. The number of ether oxygens (including phenoxy) is 1. The lowest BCUT2D eigenvalue weighted by atomic mass is 10.1. The van der Waals surface area contributed by atoms with Crippen LogP contribution in [0.1, 0.15) is 12.5 Å². The minimum atomic E-state index is -1.47. The van der Waals surface area contributed by atoms with Gasteiger partial charge in [-0.25, -0.2) is 9.59 Å². The van der Waals surface area contributed by atoms with Crippen molar-refractivity contribution < 1.29 is 19.4 Å². The summed E-state index contributed by atoms with van der Waals surface area (Å²) in [6.45, 7) is 1.59. The third-order valence-corrected chi connectivity index (χ3v) is 6.57. The van der Waals surface area contributed by atoms with E-state index in [4.69, 9.17) is 27.9 Å². The Bertz CT molecular complexity index is 1390. The molecule has 1 aliphatic heterocycles. The van der Waals surface area contributed by atoms with Gasteiger partial charge in [0.25, 0.3) is 5.91 Å². The summed E-state index contributed by atoms with van der Waals surface area (Å²) in [4.78, 5) is 40.6. The van der Waals surface area contributed by atoms with Crippen LogP contribution in [0.15, 0.2) is 53.0 Å². The summed E-state index contributed by atoms with van der Waals surface area (Å²) in [5.41, 5.74) is 1.79. The van der Waals surface area contributed by atoms with Crippen molar-refractivity contribution in [3.8, 4) is 0 Å². The maximum Gasteiger partial charge on any atom is 0.345 e. The molecular weight excluding hydrogens is 483 g/mol. The topological polar surface area (TPSA) is 97.0 Å². The van der Waals surface area contributed by atoms with Crippen molar-refractivity contribution in [1.29, 1.82) is 0 Å². The molecule has 0 saturated heterocycles. The van der Waals surface area contributed by atoms with Crippen molar-refractivity contribution in [2.45, 2.75) is 19.8 Å². The molecule has 1 atom stereocenters. The number of carbonyl (C=O) groups excluding carboxylic acids is 2. The zero-order chi connectivity index (χ0) is 24.7. The predicted molar refractivity (Wildman–Crippen MR) is 128 cm³/mol. The summed E-state index contributed by atoms with van der Waals surface area (Å²) in [5.74, 6) is -1.54. The van der Waals surface area contributed by atoms with Crippen LogP contribution in [0, 0.1) is 0 Å². The second-order valence-electron chi connectivity index (χ2n) is 7.74. The number of esters is 1. The Balaban J connectivity index is 1.82. The molecule has 1 aromatic heterocycles. The lowest BCUT2D eigenvalue weighted by Crippen LogP contribution is -2.54. The lowest BCUT2D eigenvalue weighted by Gasteiger charge is -2.39. The number of imidazole rings is 1. The average Bonchev–Trinajstić information content (AvgIpc) is 3.03. The first-order valence-corrected chi connectivity index (χ1v) is 11.2. The van der Waals surface area contributed by atoms with Crippen LogP contribution in [-0.2, 0) is 35.0 Å². The van der Waals surface area contributed by atoms with E-state index in [1.807, 2.05) is 0 Å². The molecule has 0 aliphatic carbocycles. The number of aliphatic hydroxyl groups excluding tert-OH is 1. The fourth-order valence-electron chi connectivity index (χ4n) is 3.89. The Kier molecular flexibility index (Phi) is 6.44. The maximum atomic E-state index is 13.2. The third-order valence-electron chi connectivity index (χ3n) is 5.71. The van der Waals surface area contributed by atoms with E-state index in [1.54, 1.807) is 57.4 Å². The second kappa shape index (κ2) is 9.17. The fourth-order valence-corrected chi connectivity index (χ4v) is 4.27. The monoisotopic (exact) mass is 504 g/mol. The second-order valence-corrected chi connectivity index (χ2v) is 8.52. The zero-order valence-corrected chi connectivity index (χ0v) is 20.2. The molecule has 1 aliphatic rings. The van der Waals surface area contributed by atoms with Gasteiger partial charge in [0.1, 0.15) is 5.57 Å². The fraction of sp³-hybridized carbons (Fsp3) is 0.261. The number of aromatic nitrogens is 2. The van der Waals surface area contributed by atoms with Gasteiger partial charge in [0, 0.05) is 26.0 Å². The first-order chi connectivity index (χ1) is 16.1. The summed E-state index contributed by atoms with van der Waals surface area (Å²) in [6.07, 6.45) is -0.220. The highest BCUT2D eigenvalue weighted by atomic mass is 35.5. The Morgan fingerprint density at radius 3 is 2.50 bits per heavy atom. The molecular formula is C23H22Cl2N4O5. The van der Waals surface area contributed by atoms with Crippen molar-refractivity contribution in [3.05, 3.63) is 74.3 Å². The van der Waals surface area contributed by atoms with Gasteiger partial charge < -0.3 is 14.7 Å². The molecule has 9 nitrogen and oxygen atoms in total. The molecule has 1 N–H and O–H groups in total. The summed E-state index contributed by atoms with van der Waals surface area (Å²) < 4.78 is 8.04. The van der Waals surface area contributed by atoms with Crippen LogP contribution < -0.4 is 10.6 Å². The molecule has 3 aromatic rings. The molecule has 2 heterocycles. The van der Waals surface area contributed by atoms with E-state index in [9.17, 15) is 19.5 Å². The third kappa shape index (κ3) is 3.96. The number of aryl methyl sites for hydroxylation is 2. The number of aliphatic hydroxyl groups is 1. The van der Waals surface area contributed by atoms with Crippen LogP contribution in [0.25, 0.3) is 11.0 Å². The molecule has 11 heteroatoms. The molecule has 2 aromatic carbocycles. The number of carbonyl (C=O) groups is 2. The normalized spacial score (nSPS) is 16.2. The Morgan fingerprint density at radius 1 is 1.09 bits per heavy atom. The van der Waals surface area contributed by atoms with Gasteiger partial charge in [-0.2, -0.15) is 0 Å². The van der Waals surface area contributed by atoms with Crippen molar-refractivity contribution >= 4 is 51.8 Å². The summed E-state index contributed by atoms with van der Waals surface area (Å²) >= 11 is 12.4. The van der Waals surface area contributed by atoms with E-state index < -0.39 is 18.2 Å². The van der Waals surface area contributed by atoms with Crippen molar-refractivity contribution in [3.63, 3.8) is 0 Å². The number of nitrogens with zero attached hydrogens (tertiary/aromatic N) is 4. The minimum absolute atomic E-state index is 0.0736. The van der Waals surface area contributed by atoms with Crippen LogP contribution in [0.4, 0.5) is 5.69 Å². The smallest absolute Gasteiger partial charge is 0.345 e. The van der Waals surface area contributed by atoms with E-state index in [0.717, 1.165) is 4.90 Å². The van der Waals surface area contributed by atoms with Gasteiger partial charge in [-0.3, -0.25) is 18.8 Å². The first kappa shape index (κ1) is 23.9. The van der Waals surface area contributed by atoms with Gasteiger partial charge in [0.2, 0.25) is 6.35 Å². The Labute approximate surface area is 204 Å². The molecule has 178 valence electrons. The quantitative estimate of drug-likeness (QED) is 0.423. The van der Waals surface area contributed by atoms with E-state index in [2.05, 4.69) is 0 Å². The molecule has 0 fully saturated rings. The van der Waals surface area contributed by atoms with Crippen LogP contribution >= 0.6 is 23.2 Å². The molecule has 0 saturated carbocycles. The SMILES string of the molecule is CCOC(=O)C1=CN(c2ccc3c(c2)n(C)c(=O)n3C)C(O)N(Cc2cccc(Cl)c2Cl)C1=O. The molecule has 0 spiro atoms. The summed E-state index contributed by atoms with van der Waals surface area (Å²) in [6, 6.07) is 10.1. The van der Waals surface area contributed by atoms with Crippen LogP contribution in [0.5, 0.6) is 0 Å². The van der Waals surface area contributed by atoms with Gasteiger partial charge in [0.05, 0.1) is 34.2 Å². The van der Waals surface area contributed by atoms with Crippen molar-refractivity contribution in [2.75, 3.05) is 11.5 Å². The Morgan fingerprint density at radius 2 is 1.79 bits per heavy atom. The van der Waals surface area contributed by atoms with Gasteiger partial charge in [-0.1, -0.05) is 35.3 Å². The van der Waals surface area contributed by atoms with E-state index in [1.165, 1.54) is 20.2 Å². The van der Waals surface area contributed by atoms with Crippen LogP contribution in [0.2, 0.25) is 10.0 Å².